The minimum absolute atomic E-state index is 0.131. The molecule has 28 heavy (non-hydrogen) atoms. The predicted octanol–water partition coefficient (Wildman–Crippen LogP) is 3.75. The average molecular weight is 391 g/mol. The van der Waals surface area contributed by atoms with Crippen LogP contribution in [0.3, 0.4) is 0 Å². The van der Waals surface area contributed by atoms with Crippen molar-refractivity contribution in [1.82, 2.24) is 14.5 Å². The number of fused-ring (bicyclic) bond motifs is 1. The maximum Gasteiger partial charge on any atom is 0.257 e. The molecule has 2 N–H and O–H groups in total. The van der Waals surface area contributed by atoms with Gasteiger partial charge in [0.25, 0.3) is 5.91 Å². The van der Waals surface area contributed by atoms with E-state index in [1.807, 2.05) is 35.0 Å². The van der Waals surface area contributed by atoms with Crippen LogP contribution in [-0.2, 0) is 11.3 Å². The molecule has 0 atom stereocenters. The van der Waals surface area contributed by atoms with Gasteiger partial charge < -0.3 is 9.88 Å². The van der Waals surface area contributed by atoms with Gasteiger partial charge in [-0.05, 0) is 35.9 Å². The molecule has 0 unspecified atom stereocenters. The van der Waals surface area contributed by atoms with Gasteiger partial charge in [0, 0.05) is 37.1 Å². The molecule has 0 saturated heterocycles. The van der Waals surface area contributed by atoms with E-state index in [-0.39, 0.29) is 11.8 Å². The first-order chi connectivity index (χ1) is 13.6. The molecule has 0 radical (unpaired) electrons. The summed E-state index contributed by atoms with van der Waals surface area (Å²) in [6, 6.07) is 12.9. The zero-order valence-electron chi connectivity index (χ0n) is 15.0. The van der Waals surface area contributed by atoms with E-state index in [9.17, 15) is 9.59 Å². The molecule has 0 saturated carbocycles. The number of carbonyl (C=O) groups is 2. The first-order valence-corrected chi connectivity index (χ1v) is 9.43. The molecule has 2 heterocycles. The van der Waals surface area contributed by atoms with E-state index in [0.717, 1.165) is 15.8 Å². The normalized spacial score (nSPS) is 10.8. The number of carbonyl (C=O) groups excluding carboxylic acids is 2. The Hall–Kier alpha value is -3.52. The van der Waals surface area contributed by atoms with Crippen molar-refractivity contribution < 1.29 is 9.59 Å². The van der Waals surface area contributed by atoms with Crippen molar-refractivity contribution in [3.05, 3.63) is 72.3 Å². The summed E-state index contributed by atoms with van der Waals surface area (Å²) < 4.78 is 2.85. The van der Waals surface area contributed by atoms with Gasteiger partial charge in [-0.1, -0.05) is 23.5 Å². The molecular formula is C20H17N5O2S. The van der Waals surface area contributed by atoms with E-state index >= 15 is 0 Å². The summed E-state index contributed by atoms with van der Waals surface area (Å²) in [6.07, 6.45) is 5.38. The Morgan fingerprint density at radius 3 is 2.64 bits per heavy atom. The molecule has 0 spiro atoms. The van der Waals surface area contributed by atoms with E-state index in [1.165, 1.54) is 18.3 Å². The second-order valence-electron chi connectivity index (χ2n) is 6.27. The quantitative estimate of drug-likeness (QED) is 0.542. The Morgan fingerprint density at radius 2 is 1.93 bits per heavy atom. The summed E-state index contributed by atoms with van der Waals surface area (Å²) in [5, 5.41) is 6.10. The second kappa shape index (κ2) is 7.61. The maximum absolute atomic E-state index is 12.5. The molecule has 140 valence electrons. The third-order valence-corrected chi connectivity index (χ3v) is 5.00. The molecule has 0 aliphatic rings. The van der Waals surface area contributed by atoms with Gasteiger partial charge in [0.15, 0.2) is 5.13 Å². The lowest BCUT2D eigenvalue weighted by Gasteiger charge is -2.05. The van der Waals surface area contributed by atoms with Gasteiger partial charge >= 0.3 is 0 Å². The van der Waals surface area contributed by atoms with Crippen LogP contribution in [-0.4, -0.2) is 26.3 Å². The lowest BCUT2D eigenvalue weighted by atomic mass is 10.1. The number of hydrogen-bond donors (Lipinski definition) is 2. The lowest BCUT2D eigenvalue weighted by molar-refractivity contribution is -0.114. The molecule has 7 nitrogen and oxygen atoms in total. The minimum Gasteiger partial charge on any atom is -0.333 e. The Morgan fingerprint density at radius 1 is 1.11 bits per heavy atom. The molecule has 4 aromatic rings. The van der Waals surface area contributed by atoms with Gasteiger partial charge in [0.1, 0.15) is 0 Å². The summed E-state index contributed by atoms with van der Waals surface area (Å²) >= 11 is 1.36. The summed E-state index contributed by atoms with van der Waals surface area (Å²) in [5.41, 5.74) is 3.12. The van der Waals surface area contributed by atoms with Gasteiger partial charge in [-0.15, -0.1) is 0 Å². The van der Waals surface area contributed by atoms with E-state index in [2.05, 4.69) is 20.6 Å². The Kier molecular flexibility index (Phi) is 4.86. The molecule has 2 aromatic heterocycles. The fraction of sp³-hybridized carbons (Fsp3) is 0.100. The standard InChI is InChI=1S/C20H17N5O2S/c1-13(26)22-16-6-7-17-18(10-16)28-20(23-17)24-19(27)15-4-2-14(3-5-15)11-25-9-8-21-12-25/h2-10,12H,11H2,1H3,(H,22,26)(H,23,24,27). The van der Waals surface area contributed by atoms with Gasteiger partial charge in [0.2, 0.25) is 5.91 Å². The van der Waals surface area contributed by atoms with Crippen molar-refractivity contribution in [2.75, 3.05) is 10.6 Å². The van der Waals surface area contributed by atoms with Crippen LogP contribution < -0.4 is 10.6 Å². The van der Waals surface area contributed by atoms with Crippen LogP contribution in [0, 0.1) is 0 Å². The summed E-state index contributed by atoms with van der Waals surface area (Å²) in [5.74, 6) is -0.343. The summed E-state index contributed by atoms with van der Waals surface area (Å²) in [4.78, 5) is 32.1. The van der Waals surface area contributed by atoms with E-state index in [1.54, 1.807) is 30.7 Å². The highest BCUT2D eigenvalue weighted by Crippen LogP contribution is 2.28. The summed E-state index contributed by atoms with van der Waals surface area (Å²) in [6.45, 7) is 2.17. The molecular weight excluding hydrogens is 374 g/mol. The van der Waals surface area contributed by atoms with Crippen molar-refractivity contribution in [2.24, 2.45) is 0 Å². The summed E-state index contributed by atoms with van der Waals surface area (Å²) in [7, 11) is 0. The topological polar surface area (TPSA) is 88.9 Å². The Balaban J connectivity index is 1.46. The van der Waals surface area contributed by atoms with Crippen molar-refractivity contribution in [3.8, 4) is 0 Å². The molecule has 0 aliphatic heterocycles. The zero-order valence-corrected chi connectivity index (χ0v) is 15.9. The lowest BCUT2D eigenvalue weighted by Crippen LogP contribution is -2.11. The average Bonchev–Trinajstić information content (AvgIpc) is 3.30. The third kappa shape index (κ3) is 4.07. The second-order valence-corrected chi connectivity index (χ2v) is 7.30. The fourth-order valence-electron chi connectivity index (χ4n) is 2.78. The SMILES string of the molecule is CC(=O)Nc1ccc2nc(NC(=O)c3ccc(Cn4ccnc4)cc3)sc2c1. The molecule has 8 heteroatoms. The highest BCUT2D eigenvalue weighted by atomic mass is 32.1. The fourth-order valence-corrected chi connectivity index (χ4v) is 3.68. The van der Waals surface area contributed by atoms with E-state index in [0.29, 0.717) is 22.9 Å². The molecule has 0 fully saturated rings. The minimum atomic E-state index is -0.213. The predicted molar refractivity (Wildman–Crippen MR) is 110 cm³/mol. The maximum atomic E-state index is 12.5. The van der Waals surface area contributed by atoms with Gasteiger partial charge in [-0.3, -0.25) is 14.9 Å². The van der Waals surface area contributed by atoms with Crippen molar-refractivity contribution >= 4 is 44.2 Å². The molecule has 2 aromatic carbocycles. The number of aromatic nitrogens is 3. The Labute approximate surface area is 165 Å². The number of benzene rings is 2. The number of imidazole rings is 1. The van der Waals surface area contributed by atoms with Crippen LogP contribution in [0.15, 0.2) is 61.2 Å². The number of hydrogen-bond acceptors (Lipinski definition) is 5. The monoisotopic (exact) mass is 391 g/mol. The van der Waals surface area contributed by atoms with Crippen molar-refractivity contribution in [1.29, 1.82) is 0 Å². The zero-order chi connectivity index (χ0) is 19.5. The number of anilines is 2. The van der Waals surface area contributed by atoms with E-state index < -0.39 is 0 Å². The van der Waals surface area contributed by atoms with Crippen LogP contribution >= 0.6 is 11.3 Å². The van der Waals surface area contributed by atoms with Gasteiger partial charge in [-0.2, -0.15) is 0 Å². The first-order valence-electron chi connectivity index (χ1n) is 8.61. The van der Waals surface area contributed by atoms with Crippen LogP contribution in [0.5, 0.6) is 0 Å². The van der Waals surface area contributed by atoms with Crippen LogP contribution in [0.1, 0.15) is 22.8 Å². The molecule has 0 bridgehead atoms. The number of rotatable bonds is 5. The number of thiazole rings is 1. The van der Waals surface area contributed by atoms with Crippen LogP contribution in [0.2, 0.25) is 0 Å². The third-order valence-electron chi connectivity index (χ3n) is 4.07. The van der Waals surface area contributed by atoms with Crippen LogP contribution in [0.4, 0.5) is 10.8 Å². The van der Waals surface area contributed by atoms with Gasteiger partial charge in [-0.25, -0.2) is 9.97 Å². The number of nitrogens with zero attached hydrogens (tertiary/aromatic N) is 3. The van der Waals surface area contributed by atoms with Gasteiger partial charge in [0.05, 0.1) is 16.5 Å². The number of amides is 2. The molecule has 2 amide bonds. The molecule has 4 rings (SSSR count). The van der Waals surface area contributed by atoms with Crippen molar-refractivity contribution in [3.63, 3.8) is 0 Å². The smallest absolute Gasteiger partial charge is 0.257 e. The van der Waals surface area contributed by atoms with Crippen molar-refractivity contribution in [2.45, 2.75) is 13.5 Å². The highest BCUT2D eigenvalue weighted by molar-refractivity contribution is 7.22. The Bertz CT molecular complexity index is 1130. The van der Waals surface area contributed by atoms with E-state index in [4.69, 9.17) is 0 Å². The first kappa shape index (κ1) is 17.9. The largest absolute Gasteiger partial charge is 0.333 e. The number of nitrogens with one attached hydrogen (secondary N) is 2. The van der Waals surface area contributed by atoms with Crippen LogP contribution in [0.25, 0.3) is 10.2 Å². The molecule has 0 aliphatic carbocycles. The highest BCUT2D eigenvalue weighted by Gasteiger charge is 2.11.